The zero-order chi connectivity index (χ0) is 24.5. The molecule has 7 nitrogen and oxygen atoms in total. The quantitative estimate of drug-likeness (QED) is 0.314. The Morgan fingerprint density at radius 3 is 2.18 bits per heavy atom. The summed E-state index contributed by atoms with van der Waals surface area (Å²) in [5, 5.41) is 15.0. The van der Waals surface area contributed by atoms with Gasteiger partial charge in [0.15, 0.2) is 12.4 Å². The molecule has 0 unspecified atom stereocenters. The molecule has 0 heterocycles. The van der Waals surface area contributed by atoms with Crippen molar-refractivity contribution in [3.63, 3.8) is 0 Å². The van der Waals surface area contributed by atoms with E-state index in [9.17, 15) is 14.9 Å². The van der Waals surface area contributed by atoms with Gasteiger partial charge in [0.2, 0.25) is 0 Å². The number of nitrogens with one attached hydrogen (secondary N) is 2. The number of rotatable bonds is 8. The van der Waals surface area contributed by atoms with E-state index in [1.807, 2.05) is 12.1 Å². The average molecular weight is 496 g/mol. The third-order valence-electron chi connectivity index (χ3n) is 4.45. The Hall–Kier alpha value is -3.99. The number of ether oxygens (including phenoxy) is 2. The summed E-state index contributed by atoms with van der Waals surface area (Å²) in [7, 11) is 1.54. The second kappa shape index (κ2) is 11.8. The molecule has 0 radical (unpaired) electrons. The number of hydrogen-bond acceptors (Lipinski definition) is 5. The maximum Gasteiger partial charge on any atom is 0.266 e. The number of halogens is 2. The van der Waals surface area contributed by atoms with E-state index in [4.69, 9.17) is 32.7 Å². The maximum atomic E-state index is 12.5. The molecule has 0 aliphatic rings. The lowest BCUT2D eigenvalue weighted by atomic mass is 10.1. The van der Waals surface area contributed by atoms with Gasteiger partial charge in [-0.1, -0.05) is 41.4 Å². The first-order valence-electron chi connectivity index (χ1n) is 9.93. The third-order valence-corrected chi connectivity index (χ3v) is 5.01. The van der Waals surface area contributed by atoms with Crippen molar-refractivity contribution in [2.45, 2.75) is 0 Å². The van der Waals surface area contributed by atoms with E-state index >= 15 is 0 Å². The van der Waals surface area contributed by atoms with Gasteiger partial charge >= 0.3 is 0 Å². The van der Waals surface area contributed by atoms with E-state index in [1.54, 1.807) is 48.5 Å². The Balaban J connectivity index is 1.68. The van der Waals surface area contributed by atoms with Crippen LogP contribution in [0.15, 0.2) is 72.3 Å². The number of hydrogen-bond donors (Lipinski definition) is 2. The topological polar surface area (TPSA) is 100 Å². The second-order valence-electron chi connectivity index (χ2n) is 6.87. The van der Waals surface area contributed by atoms with Crippen LogP contribution in [-0.4, -0.2) is 25.5 Å². The summed E-state index contributed by atoms with van der Waals surface area (Å²) < 4.78 is 10.6. The van der Waals surface area contributed by atoms with Crippen molar-refractivity contribution in [2.24, 2.45) is 0 Å². The van der Waals surface area contributed by atoms with Crippen LogP contribution in [0.25, 0.3) is 6.08 Å². The molecule has 0 aliphatic carbocycles. The van der Waals surface area contributed by atoms with Gasteiger partial charge in [-0.05, 0) is 60.2 Å². The highest BCUT2D eigenvalue weighted by Gasteiger charge is 2.14. The predicted molar refractivity (Wildman–Crippen MR) is 132 cm³/mol. The fourth-order valence-corrected chi connectivity index (χ4v) is 3.46. The van der Waals surface area contributed by atoms with Crippen molar-refractivity contribution < 1.29 is 19.1 Å². The molecular formula is C25H19Cl2N3O4. The number of benzene rings is 3. The van der Waals surface area contributed by atoms with Crippen LogP contribution in [0.1, 0.15) is 5.56 Å². The van der Waals surface area contributed by atoms with E-state index in [0.717, 1.165) is 0 Å². The normalized spacial score (nSPS) is 10.7. The van der Waals surface area contributed by atoms with E-state index in [-0.39, 0.29) is 33.9 Å². The lowest BCUT2D eigenvalue weighted by Crippen LogP contribution is -2.20. The van der Waals surface area contributed by atoms with Gasteiger partial charge in [0.25, 0.3) is 11.8 Å². The van der Waals surface area contributed by atoms with Crippen molar-refractivity contribution in [3.8, 4) is 17.6 Å². The smallest absolute Gasteiger partial charge is 0.266 e. The summed E-state index contributed by atoms with van der Waals surface area (Å²) in [6.45, 7) is -0.308. The molecule has 0 atom stereocenters. The standard InChI is InChI=1S/C25H19Cl2N3O4/c1-33-20-9-7-19(8-10-20)30-25(32)17(14-28)11-16-12-21(26)24(22(27)13-16)34-15-23(31)29-18-5-3-2-4-6-18/h2-13H,15H2,1H3,(H,29,31)(H,30,32)/b17-11-. The summed E-state index contributed by atoms with van der Waals surface area (Å²) in [5.74, 6) is -0.231. The van der Waals surface area contributed by atoms with Crippen LogP contribution in [0.5, 0.6) is 11.5 Å². The van der Waals surface area contributed by atoms with Crippen molar-refractivity contribution in [2.75, 3.05) is 24.4 Å². The molecule has 34 heavy (non-hydrogen) atoms. The van der Waals surface area contributed by atoms with Crippen molar-refractivity contribution in [1.29, 1.82) is 5.26 Å². The Bertz CT molecular complexity index is 1230. The molecule has 3 rings (SSSR count). The number of amides is 2. The van der Waals surface area contributed by atoms with Gasteiger partial charge in [-0.15, -0.1) is 0 Å². The Labute approximate surface area is 206 Å². The lowest BCUT2D eigenvalue weighted by Gasteiger charge is -2.11. The molecule has 0 saturated carbocycles. The van der Waals surface area contributed by atoms with Gasteiger partial charge in [-0.3, -0.25) is 9.59 Å². The molecule has 3 aromatic carbocycles. The fourth-order valence-electron chi connectivity index (χ4n) is 2.85. The highest BCUT2D eigenvalue weighted by atomic mass is 35.5. The van der Waals surface area contributed by atoms with Gasteiger partial charge < -0.3 is 20.1 Å². The van der Waals surface area contributed by atoms with E-state index in [1.165, 1.54) is 25.3 Å². The summed E-state index contributed by atoms with van der Waals surface area (Å²) in [4.78, 5) is 24.6. The fraction of sp³-hybridized carbons (Fsp3) is 0.0800. The number of nitriles is 1. The van der Waals surface area contributed by atoms with Gasteiger partial charge in [0, 0.05) is 11.4 Å². The zero-order valence-corrected chi connectivity index (χ0v) is 19.5. The van der Waals surface area contributed by atoms with Crippen molar-refractivity contribution in [3.05, 3.63) is 87.9 Å². The first-order chi connectivity index (χ1) is 16.4. The van der Waals surface area contributed by atoms with E-state index < -0.39 is 5.91 Å². The molecule has 2 N–H and O–H groups in total. The monoisotopic (exact) mass is 495 g/mol. The lowest BCUT2D eigenvalue weighted by molar-refractivity contribution is -0.118. The van der Waals surface area contributed by atoms with Gasteiger partial charge in [-0.2, -0.15) is 5.26 Å². The van der Waals surface area contributed by atoms with Crippen LogP contribution in [0.4, 0.5) is 11.4 Å². The second-order valence-corrected chi connectivity index (χ2v) is 7.68. The minimum Gasteiger partial charge on any atom is -0.497 e. The zero-order valence-electron chi connectivity index (χ0n) is 18.0. The Morgan fingerprint density at radius 1 is 0.971 bits per heavy atom. The predicted octanol–water partition coefficient (Wildman–Crippen LogP) is 5.57. The van der Waals surface area contributed by atoms with E-state index in [2.05, 4.69) is 10.6 Å². The molecule has 0 bridgehead atoms. The molecule has 9 heteroatoms. The molecule has 0 aliphatic heterocycles. The van der Waals surface area contributed by atoms with Gasteiger partial charge in [0.05, 0.1) is 17.2 Å². The molecule has 3 aromatic rings. The summed E-state index contributed by atoms with van der Waals surface area (Å²) in [5.41, 5.74) is 1.39. The number of para-hydroxylation sites is 1. The van der Waals surface area contributed by atoms with Crippen LogP contribution in [0.3, 0.4) is 0 Å². The molecule has 0 aromatic heterocycles. The Morgan fingerprint density at radius 2 is 1.59 bits per heavy atom. The van der Waals surface area contributed by atoms with Crippen LogP contribution < -0.4 is 20.1 Å². The molecule has 0 spiro atoms. The minimum atomic E-state index is -0.599. The Kier molecular flexibility index (Phi) is 8.52. The highest BCUT2D eigenvalue weighted by Crippen LogP contribution is 2.35. The number of methoxy groups -OCH3 is 1. The number of nitrogens with zero attached hydrogens (tertiary/aromatic N) is 1. The molecule has 2 amide bonds. The number of carbonyl (C=O) groups is 2. The molecule has 0 fully saturated rings. The van der Waals surface area contributed by atoms with Crippen LogP contribution >= 0.6 is 23.2 Å². The maximum absolute atomic E-state index is 12.5. The van der Waals surface area contributed by atoms with Crippen molar-refractivity contribution >= 4 is 52.5 Å². The minimum absolute atomic E-state index is 0.116. The van der Waals surface area contributed by atoms with Crippen LogP contribution in [-0.2, 0) is 9.59 Å². The highest BCUT2D eigenvalue weighted by molar-refractivity contribution is 6.37. The first-order valence-corrected chi connectivity index (χ1v) is 10.7. The SMILES string of the molecule is COc1ccc(NC(=O)/C(C#N)=C\c2cc(Cl)c(OCC(=O)Nc3ccccc3)c(Cl)c2)cc1. The van der Waals surface area contributed by atoms with Crippen LogP contribution in [0, 0.1) is 11.3 Å². The van der Waals surface area contributed by atoms with Crippen LogP contribution in [0.2, 0.25) is 10.0 Å². The third kappa shape index (κ3) is 6.75. The van der Waals surface area contributed by atoms with Crippen molar-refractivity contribution in [1.82, 2.24) is 0 Å². The summed E-state index contributed by atoms with van der Waals surface area (Å²) in [6, 6.07) is 20.4. The van der Waals surface area contributed by atoms with Gasteiger partial charge in [0.1, 0.15) is 17.4 Å². The summed E-state index contributed by atoms with van der Waals surface area (Å²) >= 11 is 12.6. The number of anilines is 2. The molecular weight excluding hydrogens is 477 g/mol. The first kappa shape index (κ1) is 24.6. The summed E-state index contributed by atoms with van der Waals surface area (Å²) in [6.07, 6.45) is 1.35. The number of carbonyl (C=O) groups excluding carboxylic acids is 2. The largest absolute Gasteiger partial charge is 0.497 e. The molecule has 0 saturated heterocycles. The molecule has 172 valence electrons. The van der Waals surface area contributed by atoms with E-state index in [0.29, 0.717) is 22.7 Å². The average Bonchev–Trinajstić information content (AvgIpc) is 2.83. The van der Waals surface area contributed by atoms with Gasteiger partial charge in [-0.25, -0.2) is 0 Å².